The first-order chi connectivity index (χ1) is 23.6. The third-order valence-corrected chi connectivity index (χ3v) is 8.39. The molecule has 0 fully saturated rings. The van der Waals surface area contributed by atoms with Crippen molar-refractivity contribution in [3.8, 4) is 22.5 Å². The second-order valence-corrected chi connectivity index (χ2v) is 14.3. The minimum Gasteiger partial charge on any atom is -0.398 e. The van der Waals surface area contributed by atoms with E-state index in [0.29, 0.717) is 45.2 Å². The Morgan fingerprint density at radius 3 is 2.36 bits per heavy atom. The number of hydrogen-bond donors (Lipinski definition) is 3. The Labute approximate surface area is 294 Å². The zero-order valence-electron chi connectivity index (χ0n) is 30.1. The van der Waals surface area contributed by atoms with E-state index >= 15 is 0 Å². The van der Waals surface area contributed by atoms with Crippen LogP contribution in [0.1, 0.15) is 77.5 Å². The Morgan fingerprint density at radius 2 is 1.76 bits per heavy atom. The Bertz CT molecular complexity index is 2130. The number of aromatic nitrogens is 5. The fraction of sp³-hybridized carbons (Fsp3) is 0.297. The summed E-state index contributed by atoms with van der Waals surface area (Å²) in [6.45, 7) is 19.2. The van der Waals surface area contributed by atoms with Crippen molar-refractivity contribution in [3.63, 3.8) is 0 Å². The molecule has 0 spiro atoms. The number of sulfone groups is 1. The largest absolute Gasteiger partial charge is 0.398 e. The average Bonchev–Trinajstić information content (AvgIpc) is 3.76. The highest BCUT2D eigenvalue weighted by Gasteiger charge is 2.24. The normalized spacial score (nSPS) is 11.3. The average molecular weight is 699 g/mol. The predicted molar refractivity (Wildman–Crippen MR) is 201 cm³/mol. The molecule has 0 unspecified atom stereocenters. The number of H-pyrrole nitrogens is 1. The van der Waals surface area contributed by atoms with E-state index in [2.05, 4.69) is 42.0 Å². The highest BCUT2D eigenvalue weighted by molar-refractivity contribution is 7.90. The number of pyridine rings is 1. The molecule has 0 aliphatic rings. The van der Waals surface area contributed by atoms with Crippen LogP contribution in [0.2, 0.25) is 0 Å². The first-order valence-electron chi connectivity index (χ1n) is 16.0. The Morgan fingerprint density at radius 1 is 1.06 bits per heavy atom. The Kier molecular flexibility index (Phi) is 13.1. The van der Waals surface area contributed by atoms with Crippen molar-refractivity contribution in [3.05, 3.63) is 95.9 Å². The number of amides is 1. The van der Waals surface area contributed by atoms with E-state index in [1.807, 2.05) is 73.6 Å². The van der Waals surface area contributed by atoms with E-state index in [1.165, 1.54) is 5.57 Å². The molecule has 5 rings (SSSR count). The number of anilines is 1. The lowest BCUT2D eigenvalue weighted by Crippen LogP contribution is -2.24. The molecule has 0 saturated carbocycles. The number of rotatable bonds is 8. The summed E-state index contributed by atoms with van der Waals surface area (Å²) in [5, 5.41) is 6.52. The summed E-state index contributed by atoms with van der Waals surface area (Å²) < 4.78 is 30.6. The SMILES string of the molecule is C=CC=NC(C)=C(C)C.CC.CC(C)(C)c1noc(C(=O)NCc2ccc(-c3ccnc4nc(-c5ccccc5N)[nH]c34)cc2S(C)(=O)=O)n1. The molecule has 50 heavy (non-hydrogen) atoms. The highest BCUT2D eigenvalue weighted by Crippen LogP contribution is 2.32. The lowest BCUT2D eigenvalue weighted by atomic mass is 9.96. The van der Waals surface area contributed by atoms with Crippen LogP contribution >= 0.6 is 0 Å². The van der Waals surface area contributed by atoms with Gasteiger partial charge in [-0.05, 0) is 56.2 Å². The maximum atomic E-state index is 12.8. The van der Waals surface area contributed by atoms with E-state index in [9.17, 15) is 13.2 Å². The van der Waals surface area contributed by atoms with Gasteiger partial charge in [-0.2, -0.15) is 4.98 Å². The summed E-state index contributed by atoms with van der Waals surface area (Å²) in [6.07, 6.45) is 6.11. The molecule has 13 heteroatoms. The maximum Gasteiger partial charge on any atom is 0.315 e. The summed E-state index contributed by atoms with van der Waals surface area (Å²) in [5.41, 5.74) is 12.2. The van der Waals surface area contributed by atoms with Crippen LogP contribution in [0.5, 0.6) is 0 Å². The van der Waals surface area contributed by atoms with Gasteiger partial charge < -0.3 is 20.6 Å². The van der Waals surface area contributed by atoms with Crippen LogP contribution in [0.15, 0.2) is 93.1 Å². The molecule has 0 bridgehead atoms. The van der Waals surface area contributed by atoms with Gasteiger partial charge in [0, 0.05) is 53.1 Å². The van der Waals surface area contributed by atoms with Crippen LogP contribution in [-0.4, -0.2) is 51.9 Å². The molecule has 0 saturated heterocycles. The van der Waals surface area contributed by atoms with Crippen molar-refractivity contribution in [2.24, 2.45) is 4.99 Å². The molecule has 12 nitrogen and oxygen atoms in total. The molecule has 0 atom stereocenters. The monoisotopic (exact) mass is 698 g/mol. The third kappa shape index (κ3) is 9.82. The number of nitrogens with two attached hydrogens (primary N) is 1. The van der Waals surface area contributed by atoms with Crippen molar-refractivity contribution < 1.29 is 17.7 Å². The minimum atomic E-state index is -3.65. The standard InChI is InChI=1S/C27H27N7O4S.C8H13N.C2H6/c1-27(2,3)26-33-25(38-34-26)24(35)30-14-16-10-9-15(13-20(16)39(4,36)37)17-11-12-29-23-21(17)31-22(32-23)18-7-5-6-8-19(18)28;1-5-6-9-8(4)7(2)3;1-2/h5-13H,14,28H2,1-4H3,(H,30,35)(H,29,31,32);5-6H,1H2,2-4H3;1-2H3. The molecule has 0 aliphatic carbocycles. The number of carbonyl (C=O) groups is 1. The van der Waals surface area contributed by atoms with Gasteiger partial charge in [0.1, 0.15) is 5.82 Å². The van der Waals surface area contributed by atoms with Crippen LogP contribution in [0.25, 0.3) is 33.7 Å². The molecule has 0 radical (unpaired) electrons. The van der Waals surface area contributed by atoms with E-state index in [0.717, 1.165) is 17.5 Å². The number of hydrogen-bond acceptors (Lipinski definition) is 10. The molecular formula is C37H46N8O4S. The van der Waals surface area contributed by atoms with E-state index in [4.69, 9.17) is 10.3 Å². The van der Waals surface area contributed by atoms with Crippen molar-refractivity contribution in [2.45, 2.75) is 72.2 Å². The van der Waals surface area contributed by atoms with E-state index in [-0.39, 0.29) is 22.7 Å². The number of aromatic amines is 1. The number of nitrogens with zero attached hydrogens (tertiary/aromatic N) is 5. The highest BCUT2D eigenvalue weighted by atomic mass is 32.2. The summed E-state index contributed by atoms with van der Waals surface area (Å²) in [6, 6.07) is 14.2. The summed E-state index contributed by atoms with van der Waals surface area (Å²) in [4.78, 5) is 33.1. The molecule has 4 N–H and O–H groups in total. The summed E-state index contributed by atoms with van der Waals surface area (Å²) in [7, 11) is -3.65. The molecule has 264 valence electrons. The van der Waals surface area contributed by atoms with Crippen molar-refractivity contribution in [1.82, 2.24) is 30.4 Å². The van der Waals surface area contributed by atoms with Crippen LogP contribution in [0.4, 0.5) is 5.69 Å². The molecule has 5 aromatic rings. The number of allylic oxidation sites excluding steroid dienone is 3. The number of para-hydroxylation sites is 1. The summed E-state index contributed by atoms with van der Waals surface area (Å²) >= 11 is 0. The lowest BCUT2D eigenvalue weighted by Gasteiger charge is -2.12. The number of carbonyl (C=O) groups excluding carboxylic acids is 1. The molecule has 3 aromatic heterocycles. The zero-order valence-corrected chi connectivity index (χ0v) is 30.9. The van der Waals surface area contributed by atoms with E-state index in [1.54, 1.807) is 48.8 Å². The second kappa shape index (κ2) is 16.8. The minimum absolute atomic E-state index is 0.0536. The molecule has 3 heterocycles. The van der Waals surface area contributed by atoms with Gasteiger partial charge in [-0.15, -0.1) is 0 Å². The van der Waals surface area contributed by atoms with Crippen LogP contribution in [0, 0.1) is 0 Å². The molecular weight excluding hydrogens is 653 g/mol. The number of aliphatic imine (C=N–C) groups is 1. The number of nitrogens with one attached hydrogen (secondary N) is 2. The molecule has 0 aliphatic heterocycles. The van der Waals surface area contributed by atoms with Crippen LogP contribution in [-0.2, 0) is 21.8 Å². The van der Waals surface area contributed by atoms with Gasteiger partial charge >= 0.3 is 11.8 Å². The van der Waals surface area contributed by atoms with Crippen molar-refractivity contribution >= 4 is 38.8 Å². The zero-order chi connectivity index (χ0) is 37.2. The number of nitrogen functional groups attached to an aromatic ring is 1. The van der Waals surface area contributed by atoms with Gasteiger partial charge in [0.15, 0.2) is 21.3 Å². The van der Waals surface area contributed by atoms with Crippen LogP contribution < -0.4 is 11.1 Å². The molecule has 2 aromatic carbocycles. The lowest BCUT2D eigenvalue weighted by molar-refractivity contribution is 0.0906. The third-order valence-electron chi connectivity index (χ3n) is 7.21. The van der Waals surface area contributed by atoms with Gasteiger partial charge in [-0.3, -0.25) is 9.79 Å². The quantitative estimate of drug-likeness (QED) is 0.109. The van der Waals surface area contributed by atoms with Gasteiger partial charge in [0.05, 0.1) is 10.4 Å². The summed E-state index contributed by atoms with van der Waals surface area (Å²) in [5.74, 6) is 0.170. The smallest absolute Gasteiger partial charge is 0.315 e. The predicted octanol–water partition coefficient (Wildman–Crippen LogP) is 7.47. The second-order valence-electron chi connectivity index (χ2n) is 12.3. The number of benzene rings is 2. The first kappa shape index (κ1) is 39.0. The van der Waals surface area contributed by atoms with Crippen molar-refractivity contribution in [2.75, 3.05) is 12.0 Å². The maximum absolute atomic E-state index is 12.8. The van der Waals surface area contributed by atoms with E-state index < -0.39 is 15.7 Å². The fourth-order valence-corrected chi connectivity index (χ4v) is 5.33. The first-order valence-corrected chi connectivity index (χ1v) is 17.9. The van der Waals surface area contributed by atoms with Gasteiger partial charge in [-0.1, -0.05) is 82.3 Å². The van der Waals surface area contributed by atoms with Gasteiger partial charge in [0.25, 0.3) is 0 Å². The Balaban J connectivity index is 0.000000536. The number of imidazole rings is 1. The van der Waals surface area contributed by atoms with Crippen LogP contribution in [0.3, 0.4) is 0 Å². The Hall–Kier alpha value is -5.43. The fourth-order valence-electron chi connectivity index (χ4n) is 4.37. The van der Waals surface area contributed by atoms with Gasteiger partial charge in [-0.25, -0.2) is 18.4 Å². The van der Waals surface area contributed by atoms with Gasteiger partial charge in [0.2, 0.25) is 0 Å². The number of fused-ring (bicyclic) bond motifs is 1. The molecule has 1 amide bonds. The topological polar surface area (TPSA) is 182 Å². The van der Waals surface area contributed by atoms with Crippen molar-refractivity contribution in [1.29, 1.82) is 0 Å².